The second kappa shape index (κ2) is 5.52. The Hall–Kier alpha value is -2.66. The van der Waals surface area contributed by atoms with E-state index in [2.05, 4.69) is 9.97 Å². The van der Waals surface area contributed by atoms with Crippen LogP contribution in [0.25, 0.3) is 10.2 Å². The SMILES string of the molecule is Cc1nc2c(C#N)ccc(Oc3ccc(C(F)(F)F)nc3)c2s1. The Morgan fingerprint density at radius 1 is 1.22 bits per heavy atom. The highest BCUT2D eigenvalue weighted by atomic mass is 32.1. The van der Waals surface area contributed by atoms with Gasteiger partial charge in [-0.3, -0.25) is 0 Å². The molecule has 0 radical (unpaired) electrons. The lowest BCUT2D eigenvalue weighted by Crippen LogP contribution is -2.07. The van der Waals surface area contributed by atoms with Crippen molar-refractivity contribution in [2.45, 2.75) is 13.1 Å². The maximum Gasteiger partial charge on any atom is 0.433 e. The van der Waals surface area contributed by atoms with Gasteiger partial charge in [0.15, 0.2) is 0 Å². The van der Waals surface area contributed by atoms with E-state index in [9.17, 15) is 13.2 Å². The number of aromatic nitrogens is 2. The molecule has 8 heteroatoms. The van der Waals surface area contributed by atoms with E-state index in [1.165, 1.54) is 17.4 Å². The monoisotopic (exact) mass is 335 g/mol. The van der Waals surface area contributed by atoms with Crippen molar-refractivity contribution in [3.8, 4) is 17.6 Å². The summed E-state index contributed by atoms with van der Waals surface area (Å²) in [5.74, 6) is 0.598. The Morgan fingerprint density at radius 2 is 2.00 bits per heavy atom. The molecule has 0 unspecified atom stereocenters. The maximum atomic E-state index is 12.5. The first-order valence-corrected chi connectivity index (χ1v) is 7.21. The minimum atomic E-state index is -4.49. The highest BCUT2D eigenvalue weighted by Gasteiger charge is 2.32. The van der Waals surface area contributed by atoms with Gasteiger partial charge in [0.1, 0.15) is 28.8 Å². The molecule has 0 saturated heterocycles. The number of halogens is 3. The summed E-state index contributed by atoms with van der Waals surface area (Å²) in [5, 5.41) is 9.85. The van der Waals surface area contributed by atoms with Gasteiger partial charge in [0.2, 0.25) is 0 Å². The zero-order valence-electron chi connectivity index (χ0n) is 11.7. The first-order valence-electron chi connectivity index (χ1n) is 6.40. The van der Waals surface area contributed by atoms with Crippen molar-refractivity contribution in [2.75, 3.05) is 0 Å². The van der Waals surface area contributed by atoms with Crippen molar-refractivity contribution in [3.63, 3.8) is 0 Å². The molecule has 0 saturated carbocycles. The summed E-state index contributed by atoms with van der Waals surface area (Å²) in [7, 11) is 0. The first kappa shape index (κ1) is 15.2. The second-order valence-electron chi connectivity index (χ2n) is 4.61. The van der Waals surface area contributed by atoms with E-state index < -0.39 is 11.9 Å². The Balaban J connectivity index is 1.98. The Kier molecular flexibility index (Phi) is 3.66. The van der Waals surface area contributed by atoms with Gasteiger partial charge in [-0.05, 0) is 31.2 Å². The Morgan fingerprint density at radius 3 is 2.61 bits per heavy atom. The van der Waals surface area contributed by atoms with E-state index >= 15 is 0 Å². The number of rotatable bonds is 2. The van der Waals surface area contributed by atoms with Gasteiger partial charge in [0.25, 0.3) is 0 Å². The van der Waals surface area contributed by atoms with Crippen molar-refractivity contribution in [3.05, 3.63) is 46.7 Å². The number of fused-ring (bicyclic) bond motifs is 1. The summed E-state index contributed by atoms with van der Waals surface area (Å²) in [6, 6.07) is 7.26. The molecule has 3 aromatic rings. The molecule has 23 heavy (non-hydrogen) atoms. The van der Waals surface area contributed by atoms with E-state index in [0.29, 0.717) is 21.5 Å². The third-order valence-electron chi connectivity index (χ3n) is 2.99. The van der Waals surface area contributed by atoms with E-state index in [4.69, 9.17) is 10.00 Å². The third-order valence-corrected chi connectivity index (χ3v) is 3.97. The zero-order chi connectivity index (χ0) is 16.6. The Bertz CT molecular complexity index is 911. The fourth-order valence-corrected chi connectivity index (χ4v) is 2.89. The van der Waals surface area contributed by atoms with Crippen LogP contribution in [0.4, 0.5) is 13.2 Å². The Labute approximate surface area is 132 Å². The predicted octanol–water partition coefficient (Wildman–Crippen LogP) is 4.68. The smallest absolute Gasteiger partial charge is 0.433 e. The van der Waals surface area contributed by atoms with Gasteiger partial charge < -0.3 is 4.74 Å². The molecule has 0 aliphatic heterocycles. The number of nitrogens with zero attached hydrogens (tertiary/aromatic N) is 3. The van der Waals surface area contributed by atoms with Gasteiger partial charge in [-0.15, -0.1) is 11.3 Å². The summed E-state index contributed by atoms with van der Waals surface area (Å²) in [5.41, 5.74) is -0.0434. The van der Waals surface area contributed by atoms with Gasteiger partial charge in [-0.2, -0.15) is 18.4 Å². The number of ether oxygens (including phenoxy) is 1. The van der Waals surface area contributed by atoms with Crippen molar-refractivity contribution >= 4 is 21.6 Å². The number of hydrogen-bond donors (Lipinski definition) is 0. The van der Waals surface area contributed by atoms with Crippen LogP contribution in [0.15, 0.2) is 30.5 Å². The van der Waals surface area contributed by atoms with Crippen molar-refractivity contribution < 1.29 is 17.9 Å². The van der Waals surface area contributed by atoms with E-state index in [1.807, 2.05) is 6.07 Å². The van der Waals surface area contributed by atoms with Crippen LogP contribution in [0.5, 0.6) is 11.5 Å². The summed E-state index contributed by atoms with van der Waals surface area (Å²) >= 11 is 1.35. The molecule has 0 aliphatic carbocycles. The number of aryl methyl sites for hydroxylation is 1. The number of alkyl halides is 3. The summed E-state index contributed by atoms with van der Waals surface area (Å²) in [6.07, 6.45) is -3.48. The highest BCUT2D eigenvalue weighted by molar-refractivity contribution is 7.18. The van der Waals surface area contributed by atoms with Crippen LogP contribution in [-0.4, -0.2) is 9.97 Å². The molecule has 0 bridgehead atoms. The molecule has 0 fully saturated rings. The lowest BCUT2D eigenvalue weighted by molar-refractivity contribution is -0.141. The van der Waals surface area contributed by atoms with Crippen LogP contribution in [-0.2, 0) is 6.18 Å². The molecule has 0 N–H and O–H groups in total. The second-order valence-corrected chi connectivity index (χ2v) is 5.82. The van der Waals surface area contributed by atoms with Crippen LogP contribution >= 0.6 is 11.3 Å². The van der Waals surface area contributed by atoms with Gasteiger partial charge >= 0.3 is 6.18 Å². The molecule has 4 nitrogen and oxygen atoms in total. The molecule has 3 rings (SSSR count). The van der Waals surface area contributed by atoms with Crippen LogP contribution in [0.1, 0.15) is 16.3 Å². The highest BCUT2D eigenvalue weighted by Crippen LogP contribution is 2.36. The number of nitriles is 1. The molecular formula is C15H8F3N3OS. The van der Waals surface area contributed by atoms with Gasteiger partial charge in [0, 0.05) is 0 Å². The largest absolute Gasteiger partial charge is 0.454 e. The summed E-state index contributed by atoms with van der Waals surface area (Å²) in [4.78, 5) is 7.63. The molecule has 116 valence electrons. The van der Waals surface area contributed by atoms with Crippen LogP contribution in [0.2, 0.25) is 0 Å². The molecule has 0 amide bonds. The molecule has 0 aliphatic rings. The van der Waals surface area contributed by atoms with Crippen LogP contribution in [0, 0.1) is 18.3 Å². The molecular weight excluding hydrogens is 327 g/mol. The van der Waals surface area contributed by atoms with Crippen molar-refractivity contribution in [1.29, 1.82) is 5.26 Å². The molecule has 1 aromatic carbocycles. The number of hydrogen-bond acceptors (Lipinski definition) is 5. The standard InChI is InChI=1S/C15H8F3N3OS/c1-8-21-13-9(6-19)2-4-11(14(13)23-8)22-10-3-5-12(20-7-10)15(16,17)18/h2-5,7H,1H3. The van der Waals surface area contributed by atoms with Crippen LogP contribution in [0.3, 0.4) is 0 Å². The van der Waals surface area contributed by atoms with E-state index in [1.54, 1.807) is 19.1 Å². The normalized spacial score (nSPS) is 11.4. The summed E-state index contributed by atoms with van der Waals surface area (Å²) < 4.78 is 43.8. The topological polar surface area (TPSA) is 58.8 Å². The van der Waals surface area contributed by atoms with Crippen molar-refractivity contribution in [1.82, 2.24) is 9.97 Å². The molecule has 2 aromatic heterocycles. The molecule has 0 spiro atoms. The van der Waals surface area contributed by atoms with Crippen molar-refractivity contribution in [2.24, 2.45) is 0 Å². The number of benzene rings is 1. The lowest BCUT2D eigenvalue weighted by Gasteiger charge is -2.08. The quantitative estimate of drug-likeness (QED) is 0.682. The first-order chi connectivity index (χ1) is 10.9. The van der Waals surface area contributed by atoms with E-state index in [-0.39, 0.29) is 5.75 Å². The van der Waals surface area contributed by atoms with Gasteiger partial charge in [0.05, 0.1) is 21.5 Å². The van der Waals surface area contributed by atoms with Gasteiger partial charge in [-0.25, -0.2) is 9.97 Å². The average molecular weight is 335 g/mol. The third kappa shape index (κ3) is 2.96. The minimum absolute atomic E-state index is 0.176. The number of thiazole rings is 1. The average Bonchev–Trinajstić information content (AvgIpc) is 2.89. The molecule has 2 heterocycles. The van der Waals surface area contributed by atoms with Gasteiger partial charge in [-0.1, -0.05) is 0 Å². The number of pyridine rings is 1. The zero-order valence-corrected chi connectivity index (χ0v) is 12.5. The maximum absolute atomic E-state index is 12.5. The minimum Gasteiger partial charge on any atom is -0.454 e. The molecule has 0 atom stereocenters. The fourth-order valence-electron chi connectivity index (χ4n) is 2.00. The fraction of sp³-hybridized carbons (Fsp3) is 0.133. The van der Waals surface area contributed by atoms with Crippen LogP contribution < -0.4 is 4.74 Å². The summed E-state index contributed by atoms with van der Waals surface area (Å²) in [6.45, 7) is 1.80. The lowest BCUT2D eigenvalue weighted by atomic mass is 10.2. The predicted molar refractivity (Wildman–Crippen MR) is 78.4 cm³/mol. The van der Waals surface area contributed by atoms with E-state index in [0.717, 1.165) is 17.3 Å².